The molecule has 1 aromatic heterocycles. The summed E-state index contributed by atoms with van der Waals surface area (Å²) < 4.78 is 0. The highest BCUT2D eigenvalue weighted by Crippen LogP contribution is 2.20. The third-order valence-corrected chi connectivity index (χ3v) is 3.91. The van der Waals surface area contributed by atoms with Crippen molar-refractivity contribution in [3.63, 3.8) is 0 Å². The molecule has 1 fully saturated rings. The lowest BCUT2D eigenvalue weighted by Gasteiger charge is -2.37. The van der Waals surface area contributed by atoms with Crippen molar-refractivity contribution >= 4 is 34.2 Å². The number of anilines is 1. The van der Waals surface area contributed by atoms with Crippen LogP contribution in [-0.2, 0) is 20.8 Å². The molecule has 2 N–H and O–H groups in total. The normalized spacial score (nSPS) is 14.6. The van der Waals surface area contributed by atoms with Gasteiger partial charge in [-0.05, 0) is 0 Å². The van der Waals surface area contributed by atoms with Crippen molar-refractivity contribution in [1.82, 2.24) is 15.2 Å². The molecule has 7 nitrogen and oxygen atoms in total. The zero-order valence-corrected chi connectivity index (χ0v) is 12.1. The number of aromatic nitrogens is 1. The smallest absolute Gasteiger partial charge is 0.232 e. The van der Waals surface area contributed by atoms with Crippen LogP contribution in [0.5, 0.6) is 0 Å². The number of nitrogens with zero attached hydrogens (tertiary/aromatic N) is 2. The van der Waals surface area contributed by atoms with Gasteiger partial charge in [0.25, 0.3) is 0 Å². The molecule has 2 rings (SSSR count). The first-order valence-corrected chi connectivity index (χ1v) is 7.09. The second kappa shape index (κ2) is 6.00. The van der Waals surface area contributed by atoms with Crippen LogP contribution >= 0.6 is 11.3 Å². The van der Waals surface area contributed by atoms with Crippen LogP contribution in [0.2, 0.25) is 0 Å². The predicted molar refractivity (Wildman–Crippen MR) is 74.3 cm³/mol. The van der Waals surface area contributed by atoms with Gasteiger partial charge in [-0.3, -0.25) is 14.4 Å². The fourth-order valence-electron chi connectivity index (χ4n) is 1.81. The van der Waals surface area contributed by atoms with E-state index in [2.05, 4.69) is 15.6 Å². The van der Waals surface area contributed by atoms with Crippen molar-refractivity contribution in [3.8, 4) is 0 Å². The Morgan fingerprint density at radius 3 is 2.75 bits per heavy atom. The van der Waals surface area contributed by atoms with Crippen molar-refractivity contribution in [2.45, 2.75) is 13.3 Å². The first-order chi connectivity index (χ1) is 9.49. The number of amides is 3. The van der Waals surface area contributed by atoms with Gasteiger partial charge < -0.3 is 15.5 Å². The predicted octanol–water partition coefficient (Wildman–Crippen LogP) is -0.152. The van der Waals surface area contributed by atoms with Crippen LogP contribution in [0.3, 0.4) is 0 Å². The average molecular weight is 296 g/mol. The summed E-state index contributed by atoms with van der Waals surface area (Å²) in [6.07, 6.45) is 0.199. The summed E-state index contributed by atoms with van der Waals surface area (Å²) in [5.74, 6) is -0.450. The van der Waals surface area contributed by atoms with E-state index in [1.54, 1.807) is 17.3 Å². The van der Waals surface area contributed by atoms with Crippen molar-refractivity contribution in [2.75, 3.05) is 25.5 Å². The number of carbonyl (C=O) groups is 3. The lowest BCUT2D eigenvalue weighted by molar-refractivity contribution is -0.139. The number of carbonyl (C=O) groups excluding carboxylic acids is 3. The highest BCUT2D eigenvalue weighted by Gasteiger charge is 2.34. The summed E-state index contributed by atoms with van der Waals surface area (Å²) >= 11 is 1.29. The molecule has 8 heteroatoms. The first-order valence-electron chi connectivity index (χ1n) is 6.21. The Bertz CT molecular complexity index is 537. The molecule has 0 saturated carbocycles. The molecule has 1 aromatic rings. The highest BCUT2D eigenvalue weighted by molar-refractivity contribution is 7.13. The molecule has 1 aliphatic rings. The number of hydrogen-bond acceptors (Lipinski definition) is 5. The van der Waals surface area contributed by atoms with Crippen LogP contribution in [0.4, 0.5) is 5.13 Å². The second-order valence-corrected chi connectivity index (χ2v) is 5.46. The molecule has 0 atom stereocenters. The highest BCUT2D eigenvalue weighted by atomic mass is 32.1. The molecule has 0 radical (unpaired) electrons. The Morgan fingerprint density at radius 2 is 2.15 bits per heavy atom. The minimum Gasteiger partial charge on any atom is -0.359 e. The fraction of sp³-hybridized carbons (Fsp3) is 0.500. The maximum atomic E-state index is 11.9. The number of hydrogen-bond donors (Lipinski definition) is 2. The van der Waals surface area contributed by atoms with E-state index in [9.17, 15) is 14.4 Å². The molecule has 3 amide bonds. The molecule has 0 unspecified atom stereocenters. The molecule has 1 saturated heterocycles. The Kier molecular flexibility index (Phi) is 4.33. The van der Waals surface area contributed by atoms with Gasteiger partial charge in [-0.15, -0.1) is 11.3 Å². The SMILES string of the molecule is CNC(=O)Cc1csc(NC(=O)C2CN(C(C)=O)C2)n1. The van der Waals surface area contributed by atoms with E-state index in [1.165, 1.54) is 18.3 Å². The summed E-state index contributed by atoms with van der Waals surface area (Å²) in [6.45, 7) is 2.40. The largest absolute Gasteiger partial charge is 0.359 e. The molecule has 20 heavy (non-hydrogen) atoms. The number of nitrogens with one attached hydrogen (secondary N) is 2. The number of rotatable bonds is 4. The molecular formula is C12H16N4O3S. The van der Waals surface area contributed by atoms with Gasteiger partial charge in [0.15, 0.2) is 5.13 Å². The van der Waals surface area contributed by atoms with Crippen molar-refractivity contribution < 1.29 is 14.4 Å². The summed E-state index contributed by atoms with van der Waals surface area (Å²) in [6, 6.07) is 0. The van der Waals surface area contributed by atoms with Gasteiger partial charge >= 0.3 is 0 Å². The standard InChI is InChI=1S/C12H16N4O3S/c1-7(17)16-4-8(5-16)11(19)15-12-14-9(6-20-12)3-10(18)13-2/h6,8H,3-5H2,1-2H3,(H,13,18)(H,14,15,19). The summed E-state index contributed by atoms with van der Waals surface area (Å²) in [5.41, 5.74) is 0.628. The van der Waals surface area contributed by atoms with Gasteiger partial charge in [0.05, 0.1) is 18.0 Å². The Morgan fingerprint density at radius 1 is 1.45 bits per heavy atom. The zero-order valence-electron chi connectivity index (χ0n) is 11.3. The van der Waals surface area contributed by atoms with Crippen LogP contribution in [0.1, 0.15) is 12.6 Å². The minimum absolute atomic E-state index is 0.0174. The molecule has 108 valence electrons. The fourth-order valence-corrected chi connectivity index (χ4v) is 2.52. The van der Waals surface area contributed by atoms with E-state index in [-0.39, 0.29) is 30.1 Å². The summed E-state index contributed by atoms with van der Waals surface area (Å²) in [5, 5.41) is 7.46. The molecular weight excluding hydrogens is 280 g/mol. The van der Waals surface area contributed by atoms with Gasteiger partial charge in [-0.25, -0.2) is 4.98 Å². The van der Waals surface area contributed by atoms with Crippen molar-refractivity contribution in [1.29, 1.82) is 0 Å². The minimum atomic E-state index is -0.176. The monoisotopic (exact) mass is 296 g/mol. The van der Waals surface area contributed by atoms with E-state index < -0.39 is 0 Å². The zero-order chi connectivity index (χ0) is 14.7. The quantitative estimate of drug-likeness (QED) is 0.808. The van der Waals surface area contributed by atoms with E-state index in [0.717, 1.165) is 0 Å². The number of likely N-dealkylation sites (tertiary alicyclic amines) is 1. The Balaban J connectivity index is 1.83. The van der Waals surface area contributed by atoms with Crippen LogP contribution in [-0.4, -0.2) is 47.7 Å². The number of thiazole rings is 1. The maximum absolute atomic E-state index is 11.9. The van der Waals surface area contributed by atoms with Gasteiger partial charge in [0.2, 0.25) is 17.7 Å². The summed E-state index contributed by atoms with van der Waals surface area (Å²) in [7, 11) is 1.56. The third kappa shape index (κ3) is 3.32. The van der Waals surface area contributed by atoms with Gasteiger partial charge in [0.1, 0.15) is 0 Å². The van der Waals surface area contributed by atoms with Crippen LogP contribution in [0, 0.1) is 5.92 Å². The lowest BCUT2D eigenvalue weighted by atomic mass is 9.99. The lowest BCUT2D eigenvalue weighted by Crippen LogP contribution is -2.53. The molecule has 0 bridgehead atoms. The van der Waals surface area contributed by atoms with Gasteiger partial charge in [0, 0.05) is 32.4 Å². The number of likely N-dealkylation sites (N-methyl/N-ethyl adjacent to an activating group) is 1. The van der Waals surface area contributed by atoms with Crippen molar-refractivity contribution in [2.24, 2.45) is 5.92 Å². The Hall–Kier alpha value is -1.96. The molecule has 0 spiro atoms. The van der Waals surface area contributed by atoms with Gasteiger partial charge in [-0.2, -0.15) is 0 Å². The molecule has 2 heterocycles. The van der Waals surface area contributed by atoms with Gasteiger partial charge in [-0.1, -0.05) is 0 Å². The van der Waals surface area contributed by atoms with E-state index >= 15 is 0 Å². The van der Waals surface area contributed by atoms with Crippen LogP contribution in [0.25, 0.3) is 0 Å². The van der Waals surface area contributed by atoms with E-state index in [0.29, 0.717) is 23.9 Å². The maximum Gasteiger partial charge on any atom is 0.232 e. The average Bonchev–Trinajstić information content (AvgIpc) is 2.73. The van der Waals surface area contributed by atoms with E-state index in [1.807, 2.05) is 0 Å². The third-order valence-electron chi connectivity index (χ3n) is 3.10. The molecule has 1 aliphatic heterocycles. The van der Waals surface area contributed by atoms with Crippen molar-refractivity contribution in [3.05, 3.63) is 11.1 Å². The topological polar surface area (TPSA) is 91.4 Å². The van der Waals surface area contributed by atoms with E-state index in [4.69, 9.17) is 0 Å². The van der Waals surface area contributed by atoms with Crippen LogP contribution in [0.15, 0.2) is 5.38 Å². The first kappa shape index (κ1) is 14.4. The second-order valence-electron chi connectivity index (χ2n) is 4.60. The molecule has 0 aromatic carbocycles. The molecule has 0 aliphatic carbocycles. The summed E-state index contributed by atoms with van der Waals surface area (Å²) in [4.78, 5) is 39.9. The Labute approximate surface area is 120 Å². The van der Waals surface area contributed by atoms with Crippen LogP contribution < -0.4 is 10.6 Å².